The van der Waals surface area contributed by atoms with Gasteiger partial charge in [-0.1, -0.05) is 12.1 Å². The zero-order valence-electron chi connectivity index (χ0n) is 28.0. The molecule has 0 aliphatic rings. The summed E-state index contributed by atoms with van der Waals surface area (Å²) in [4.78, 5) is 55.9. The van der Waals surface area contributed by atoms with Crippen LogP contribution in [0.3, 0.4) is 0 Å². The van der Waals surface area contributed by atoms with Crippen LogP contribution >= 0.6 is 0 Å². The van der Waals surface area contributed by atoms with E-state index in [1.165, 1.54) is 26.4 Å². The molecule has 14 heteroatoms. The van der Waals surface area contributed by atoms with Crippen molar-refractivity contribution < 1.29 is 58.5 Å². The number of hydrogen-bond donors (Lipinski definition) is 4. The van der Waals surface area contributed by atoms with Gasteiger partial charge in [0, 0.05) is 5.69 Å². The van der Waals surface area contributed by atoms with Crippen LogP contribution in [0.2, 0.25) is 0 Å². The van der Waals surface area contributed by atoms with Crippen LogP contribution in [0.5, 0.6) is 23.0 Å². The van der Waals surface area contributed by atoms with E-state index in [4.69, 9.17) is 29.2 Å². The van der Waals surface area contributed by atoms with Gasteiger partial charge in [-0.05, 0) is 114 Å². The average molecular weight is 711 g/mol. The molecule has 0 atom stereocenters. The second-order valence-electron chi connectivity index (χ2n) is 10.9. The van der Waals surface area contributed by atoms with Crippen LogP contribution in [0.4, 0.5) is 11.4 Å². The third-order valence-corrected chi connectivity index (χ3v) is 7.43. The first-order valence-corrected chi connectivity index (χ1v) is 15.6. The van der Waals surface area contributed by atoms with Gasteiger partial charge in [0.05, 0.1) is 36.6 Å². The molecule has 52 heavy (non-hydrogen) atoms. The Morgan fingerprint density at radius 2 is 1.23 bits per heavy atom. The quantitative estimate of drug-likeness (QED) is 0.0421. The van der Waals surface area contributed by atoms with Gasteiger partial charge in [-0.2, -0.15) is 0 Å². The number of hydrogen-bond acceptors (Lipinski definition) is 12. The SMILES string of the molecule is COOCc1ccc(C(=O)O)c(C(=O)Nc2ccc(Oc3ccc(Oc4ccc(NOCc5cc(C(=O)OC)ccc5COO)cc4)cc3)cc2)c1. The zero-order chi connectivity index (χ0) is 36.9. The first-order chi connectivity index (χ1) is 25.3. The number of methoxy groups -OCH3 is 1. The number of carboxylic acids is 1. The van der Waals surface area contributed by atoms with Crippen LogP contribution in [-0.4, -0.2) is 42.4 Å². The predicted octanol–water partition coefficient (Wildman–Crippen LogP) is 7.62. The predicted molar refractivity (Wildman–Crippen MR) is 186 cm³/mol. The highest BCUT2D eigenvalue weighted by molar-refractivity contribution is 6.10. The Bertz CT molecular complexity index is 1980. The van der Waals surface area contributed by atoms with Gasteiger partial charge in [-0.15, -0.1) is 0 Å². The lowest BCUT2D eigenvalue weighted by molar-refractivity contribution is -0.282. The molecule has 1 amide bonds. The molecular formula is C38H34N2O12. The number of nitrogens with one attached hydrogen (secondary N) is 2. The summed E-state index contributed by atoms with van der Waals surface area (Å²) < 4.78 is 16.6. The van der Waals surface area contributed by atoms with Crippen molar-refractivity contribution in [3.63, 3.8) is 0 Å². The molecule has 0 aliphatic carbocycles. The molecule has 0 saturated heterocycles. The molecule has 5 aromatic carbocycles. The number of amides is 1. The van der Waals surface area contributed by atoms with Gasteiger partial charge in [0.15, 0.2) is 0 Å². The van der Waals surface area contributed by atoms with Crippen molar-refractivity contribution in [3.05, 3.63) is 143 Å². The Kier molecular flexibility index (Phi) is 12.9. The van der Waals surface area contributed by atoms with Gasteiger partial charge in [-0.25, -0.2) is 24.3 Å². The number of carbonyl (C=O) groups excluding carboxylic acids is 2. The molecular weight excluding hydrogens is 676 g/mol. The Morgan fingerprint density at radius 3 is 1.79 bits per heavy atom. The summed E-state index contributed by atoms with van der Waals surface area (Å²) in [5, 5.41) is 21.1. The highest BCUT2D eigenvalue weighted by Crippen LogP contribution is 2.29. The maximum absolute atomic E-state index is 13.0. The number of aromatic carboxylic acids is 1. The van der Waals surface area contributed by atoms with E-state index in [0.717, 1.165) is 0 Å². The van der Waals surface area contributed by atoms with Crippen LogP contribution in [0, 0.1) is 0 Å². The summed E-state index contributed by atoms with van der Waals surface area (Å²) in [6.45, 7) is 0.0486. The minimum Gasteiger partial charge on any atom is -0.478 e. The highest BCUT2D eigenvalue weighted by Gasteiger charge is 2.18. The molecule has 0 saturated carbocycles. The minimum atomic E-state index is -1.23. The lowest BCUT2D eigenvalue weighted by Gasteiger charge is -2.12. The normalized spacial score (nSPS) is 10.7. The van der Waals surface area contributed by atoms with Crippen molar-refractivity contribution in [1.82, 2.24) is 0 Å². The van der Waals surface area contributed by atoms with Gasteiger partial charge in [0.1, 0.15) is 42.8 Å². The number of carbonyl (C=O) groups is 3. The topological polar surface area (TPSA) is 180 Å². The van der Waals surface area contributed by atoms with Gasteiger partial charge < -0.3 is 24.6 Å². The number of benzene rings is 5. The maximum atomic E-state index is 13.0. The fourth-order valence-electron chi connectivity index (χ4n) is 4.84. The summed E-state index contributed by atoms with van der Waals surface area (Å²) in [6, 6.07) is 29.8. The molecule has 5 rings (SSSR count). The van der Waals surface area contributed by atoms with Crippen molar-refractivity contribution >= 4 is 29.2 Å². The van der Waals surface area contributed by atoms with E-state index in [1.54, 1.807) is 97.1 Å². The second kappa shape index (κ2) is 18.1. The van der Waals surface area contributed by atoms with E-state index in [9.17, 15) is 19.5 Å². The van der Waals surface area contributed by atoms with Gasteiger partial charge in [0.25, 0.3) is 5.91 Å². The third-order valence-electron chi connectivity index (χ3n) is 7.43. The van der Waals surface area contributed by atoms with Gasteiger partial charge in [0.2, 0.25) is 0 Å². The van der Waals surface area contributed by atoms with Crippen LogP contribution in [0.15, 0.2) is 109 Å². The molecule has 0 spiro atoms. The number of rotatable bonds is 17. The fraction of sp³-hybridized carbons (Fsp3) is 0.132. The highest BCUT2D eigenvalue weighted by atomic mass is 17.2. The summed E-state index contributed by atoms with van der Waals surface area (Å²) in [6.07, 6.45) is 0. The van der Waals surface area contributed by atoms with Gasteiger partial charge in [-0.3, -0.25) is 20.4 Å². The van der Waals surface area contributed by atoms with Gasteiger partial charge >= 0.3 is 11.9 Å². The molecule has 0 heterocycles. The molecule has 0 unspecified atom stereocenters. The molecule has 0 radical (unpaired) electrons. The average Bonchev–Trinajstić information content (AvgIpc) is 3.16. The van der Waals surface area contributed by atoms with E-state index < -0.39 is 17.8 Å². The molecule has 0 bridgehead atoms. The molecule has 0 aliphatic heterocycles. The van der Waals surface area contributed by atoms with Crippen LogP contribution < -0.4 is 20.3 Å². The second-order valence-corrected chi connectivity index (χ2v) is 10.9. The monoisotopic (exact) mass is 710 g/mol. The third kappa shape index (κ3) is 10.1. The molecule has 14 nitrogen and oxygen atoms in total. The maximum Gasteiger partial charge on any atom is 0.337 e. The number of esters is 1. The van der Waals surface area contributed by atoms with Crippen LogP contribution in [0.25, 0.3) is 0 Å². The zero-order valence-corrected chi connectivity index (χ0v) is 28.0. The molecule has 0 fully saturated rings. The molecule has 268 valence electrons. The molecule has 5 aromatic rings. The Morgan fingerprint density at radius 1 is 0.635 bits per heavy atom. The van der Waals surface area contributed by atoms with Crippen molar-refractivity contribution in [1.29, 1.82) is 0 Å². The van der Waals surface area contributed by atoms with Crippen LogP contribution in [0.1, 0.15) is 47.8 Å². The van der Waals surface area contributed by atoms with Crippen molar-refractivity contribution in [2.45, 2.75) is 19.8 Å². The first kappa shape index (κ1) is 37.0. The van der Waals surface area contributed by atoms with E-state index in [2.05, 4.69) is 20.6 Å². The number of anilines is 2. The Labute approximate surface area is 297 Å². The molecule has 0 aromatic heterocycles. The standard InChI is InChI=1S/C38H34N2O12/c1-46-38(44)25-4-5-26(23-49-45)27(20-25)22-48-40-29-8-12-31(13-9-29)52-33-16-14-32(15-17-33)51-30-10-6-28(7-11-30)39-36(41)35-19-24(21-50-47-2)3-18-34(35)37(42)43/h3-20,40,45H,21-23H2,1-2H3,(H,39,41)(H,42,43). The molecule has 4 N–H and O–H groups in total. The van der Waals surface area contributed by atoms with E-state index in [1.807, 2.05) is 0 Å². The van der Waals surface area contributed by atoms with Crippen molar-refractivity contribution in [2.24, 2.45) is 0 Å². The lowest BCUT2D eigenvalue weighted by Crippen LogP contribution is -2.17. The largest absolute Gasteiger partial charge is 0.478 e. The Hall–Kier alpha value is -6.29. The summed E-state index contributed by atoms with van der Waals surface area (Å²) in [7, 11) is 2.65. The smallest absolute Gasteiger partial charge is 0.337 e. The van der Waals surface area contributed by atoms with Crippen molar-refractivity contribution in [3.8, 4) is 23.0 Å². The van der Waals surface area contributed by atoms with Crippen molar-refractivity contribution in [2.75, 3.05) is 25.0 Å². The van der Waals surface area contributed by atoms with E-state index in [-0.39, 0.29) is 30.9 Å². The fourth-order valence-corrected chi connectivity index (χ4v) is 4.84. The number of ether oxygens (including phenoxy) is 3. The van der Waals surface area contributed by atoms with E-state index >= 15 is 0 Å². The number of carboxylic acid groups (broad SMARTS) is 1. The first-order valence-electron chi connectivity index (χ1n) is 15.6. The van der Waals surface area contributed by atoms with Crippen LogP contribution in [-0.2, 0) is 44.1 Å². The van der Waals surface area contributed by atoms with E-state index in [0.29, 0.717) is 56.6 Å². The Balaban J connectivity index is 1.11. The summed E-state index contributed by atoms with van der Waals surface area (Å²) in [5.74, 6) is -0.104. The summed E-state index contributed by atoms with van der Waals surface area (Å²) >= 11 is 0. The minimum absolute atomic E-state index is 0.0178. The summed E-state index contributed by atoms with van der Waals surface area (Å²) in [5.41, 5.74) is 5.95. The lowest BCUT2D eigenvalue weighted by atomic mass is 10.0.